The molecular formula is C93H51N9O. The highest BCUT2D eigenvalue weighted by Crippen LogP contribution is 2.51. The van der Waals surface area contributed by atoms with E-state index in [1.807, 2.05) is 115 Å². The molecule has 0 N–H and O–H groups in total. The smallest absolute Gasteiger partial charge is 0.165 e. The van der Waals surface area contributed by atoms with E-state index in [1.165, 1.54) is 0 Å². The number of hydrogen-bond acceptors (Lipinski definition) is 6. The average molecular weight is 1310 g/mol. The van der Waals surface area contributed by atoms with E-state index in [9.17, 15) is 21.0 Å². The van der Waals surface area contributed by atoms with E-state index in [1.54, 1.807) is 0 Å². The summed E-state index contributed by atoms with van der Waals surface area (Å²) in [7, 11) is 0. The molecule has 6 heterocycles. The van der Waals surface area contributed by atoms with Gasteiger partial charge in [0.1, 0.15) is 22.5 Å². The van der Waals surface area contributed by atoms with Crippen LogP contribution in [0.4, 0.5) is 0 Å². The van der Waals surface area contributed by atoms with Crippen molar-refractivity contribution in [1.29, 1.82) is 21.0 Å². The molecule has 10 nitrogen and oxygen atoms in total. The van der Waals surface area contributed by atoms with Gasteiger partial charge in [-0.1, -0.05) is 170 Å². The number of nitrogens with zero attached hydrogens (tertiary/aromatic N) is 9. The van der Waals surface area contributed by atoms with Crippen LogP contribution in [-0.4, -0.2) is 23.3 Å². The third kappa shape index (κ3) is 9.00. The summed E-state index contributed by atoms with van der Waals surface area (Å²) in [5, 5.41) is 52.2. The number of fused-ring (bicyclic) bond motifs is 15. The van der Waals surface area contributed by atoms with Gasteiger partial charge in [-0.25, -0.2) is 4.98 Å². The van der Waals surface area contributed by atoms with Crippen molar-refractivity contribution in [2.45, 2.75) is 0 Å². The molecule has 0 atom stereocenters. The average Bonchev–Trinajstić information content (AvgIpc) is 1.55. The van der Waals surface area contributed by atoms with Gasteiger partial charge < -0.3 is 13.6 Å². The zero-order valence-electron chi connectivity index (χ0n) is 54.9. The minimum atomic E-state index is 0.459. The Bertz CT molecular complexity index is 6500. The third-order valence-corrected chi connectivity index (χ3v) is 20.7. The van der Waals surface area contributed by atoms with Crippen molar-refractivity contribution >= 4 is 109 Å². The lowest BCUT2D eigenvalue weighted by atomic mass is 9.98. The molecule has 0 aliphatic carbocycles. The monoisotopic (exact) mass is 1310 g/mol. The van der Waals surface area contributed by atoms with Crippen LogP contribution < -0.4 is 0 Å². The Morgan fingerprint density at radius 2 is 0.505 bits per heavy atom. The Hall–Kier alpha value is -14.8. The molecular weight excluding hydrogens is 1260 g/mol. The van der Waals surface area contributed by atoms with Crippen LogP contribution in [-0.2, 0) is 0 Å². The van der Waals surface area contributed by atoms with E-state index in [2.05, 4.69) is 237 Å². The van der Waals surface area contributed by atoms with E-state index in [0.29, 0.717) is 50.8 Å². The zero-order valence-corrected chi connectivity index (χ0v) is 54.9. The van der Waals surface area contributed by atoms with Gasteiger partial charge in [0.05, 0.1) is 90.7 Å². The standard InChI is InChI=1S/C93H51N9O/c94-52-56-25-35-79-71(43-56)72-44-57(53-95)26-36-80(72)99(79)90-89(68-29-34-70-69-23-13-14-24-87(69)103-88(70)51-68)91(100-81-37-27-58(54-96)45-73(81)74-46-59(55-97)28-38-82(74)100)93(102-85-41-32-66(62-19-9-3-10-20-62)49-77(85)78-50-67(33-42-86(78)102)63-21-11-4-12-22-63)98-92(90)101-83-39-30-64(60-15-5-1-6-16-60)47-75(83)76-48-65(31-40-84(76)101)61-17-7-2-8-18-61/h1-51H. The highest BCUT2D eigenvalue weighted by atomic mass is 16.3. The fourth-order valence-electron chi connectivity index (χ4n) is 16.0. The highest BCUT2D eigenvalue weighted by Gasteiger charge is 2.34. The fraction of sp³-hybridized carbons (Fsp3) is 0. The maximum atomic E-state index is 10.8. The molecule has 0 fully saturated rings. The summed E-state index contributed by atoms with van der Waals surface area (Å²) in [5.74, 6) is 1.11. The minimum Gasteiger partial charge on any atom is -0.456 e. The predicted molar refractivity (Wildman–Crippen MR) is 415 cm³/mol. The number of hydrogen-bond donors (Lipinski definition) is 0. The molecule has 0 bridgehead atoms. The van der Waals surface area contributed by atoms with Crippen LogP contribution in [0.3, 0.4) is 0 Å². The van der Waals surface area contributed by atoms with Gasteiger partial charge in [-0.3, -0.25) is 9.13 Å². The Morgan fingerprint density at radius 1 is 0.223 bits per heavy atom. The largest absolute Gasteiger partial charge is 0.456 e. The molecule has 20 aromatic rings. The van der Waals surface area contributed by atoms with E-state index in [0.717, 1.165) is 159 Å². The number of aromatic nitrogens is 5. The quantitative estimate of drug-likeness (QED) is 0.141. The molecule has 0 spiro atoms. The Kier molecular flexibility index (Phi) is 13.0. The first-order valence-electron chi connectivity index (χ1n) is 34.0. The molecule has 20 rings (SSSR count). The Morgan fingerprint density at radius 3 is 0.845 bits per heavy atom. The predicted octanol–water partition coefficient (Wildman–Crippen LogP) is 23.2. The van der Waals surface area contributed by atoms with Crippen molar-refractivity contribution in [3.8, 4) is 103 Å². The van der Waals surface area contributed by atoms with Crippen LogP contribution in [0.2, 0.25) is 0 Å². The molecule has 0 aliphatic rings. The van der Waals surface area contributed by atoms with E-state index in [4.69, 9.17) is 9.40 Å². The molecule has 14 aromatic carbocycles. The summed E-state index contributed by atoms with van der Waals surface area (Å²) in [4.78, 5) is 6.59. The number of rotatable bonds is 9. The van der Waals surface area contributed by atoms with Crippen molar-refractivity contribution in [3.05, 3.63) is 332 Å². The summed E-state index contributed by atoms with van der Waals surface area (Å²) >= 11 is 0. The van der Waals surface area contributed by atoms with Gasteiger partial charge in [0.2, 0.25) is 0 Å². The number of furan rings is 1. The van der Waals surface area contributed by atoms with Gasteiger partial charge >= 0.3 is 0 Å². The molecule has 0 radical (unpaired) electrons. The number of nitriles is 4. The van der Waals surface area contributed by atoms with Gasteiger partial charge in [0.25, 0.3) is 0 Å². The molecule has 0 saturated carbocycles. The van der Waals surface area contributed by atoms with E-state index >= 15 is 0 Å². The van der Waals surface area contributed by atoms with Crippen LogP contribution in [0.15, 0.2) is 314 Å². The summed E-state index contributed by atoms with van der Waals surface area (Å²) in [6.45, 7) is 0. The summed E-state index contributed by atoms with van der Waals surface area (Å²) in [6.07, 6.45) is 0. The lowest BCUT2D eigenvalue weighted by Gasteiger charge is -2.27. The zero-order chi connectivity index (χ0) is 68.6. The lowest BCUT2D eigenvalue weighted by Crippen LogP contribution is -2.16. The maximum Gasteiger partial charge on any atom is 0.165 e. The molecule has 0 aliphatic heterocycles. The topological polar surface area (TPSA) is 141 Å². The van der Waals surface area contributed by atoms with Crippen molar-refractivity contribution in [1.82, 2.24) is 23.3 Å². The van der Waals surface area contributed by atoms with Gasteiger partial charge in [-0.05, 0) is 190 Å². The van der Waals surface area contributed by atoms with Gasteiger partial charge in [0, 0.05) is 59.4 Å². The molecule has 6 aromatic heterocycles. The molecule has 474 valence electrons. The summed E-state index contributed by atoms with van der Waals surface area (Å²) in [6, 6.07) is 117. The summed E-state index contributed by atoms with van der Waals surface area (Å²) < 4.78 is 16.3. The minimum absolute atomic E-state index is 0.459. The van der Waals surface area contributed by atoms with Crippen LogP contribution in [0.1, 0.15) is 22.3 Å². The molecule has 10 heteroatoms. The fourth-order valence-corrected chi connectivity index (χ4v) is 16.0. The Balaban J connectivity index is 1.07. The Labute approximate surface area is 588 Å². The molecule has 0 unspecified atom stereocenters. The van der Waals surface area contributed by atoms with Crippen molar-refractivity contribution in [2.75, 3.05) is 0 Å². The van der Waals surface area contributed by atoms with Gasteiger partial charge in [0.15, 0.2) is 11.6 Å². The van der Waals surface area contributed by atoms with Crippen LogP contribution >= 0.6 is 0 Å². The second-order valence-corrected chi connectivity index (χ2v) is 26.2. The van der Waals surface area contributed by atoms with Crippen LogP contribution in [0.25, 0.3) is 188 Å². The van der Waals surface area contributed by atoms with Gasteiger partial charge in [-0.15, -0.1) is 0 Å². The van der Waals surface area contributed by atoms with Crippen LogP contribution in [0.5, 0.6) is 0 Å². The molecule has 0 amide bonds. The first-order valence-corrected chi connectivity index (χ1v) is 34.0. The molecule has 0 saturated heterocycles. The second kappa shape index (κ2) is 22.9. The molecule has 103 heavy (non-hydrogen) atoms. The van der Waals surface area contributed by atoms with E-state index in [-0.39, 0.29) is 0 Å². The van der Waals surface area contributed by atoms with E-state index < -0.39 is 0 Å². The highest BCUT2D eigenvalue weighted by molar-refractivity contribution is 6.18. The summed E-state index contributed by atoms with van der Waals surface area (Å²) in [5.41, 5.74) is 21.1. The van der Waals surface area contributed by atoms with Crippen molar-refractivity contribution in [2.24, 2.45) is 0 Å². The maximum absolute atomic E-state index is 10.8. The first-order chi connectivity index (χ1) is 50.9. The number of pyridine rings is 1. The van der Waals surface area contributed by atoms with Crippen molar-refractivity contribution < 1.29 is 4.42 Å². The first kappa shape index (κ1) is 58.4. The van der Waals surface area contributed by atoms with Crippen molar-refractivity contribution in [3.63, 3.8) is 0 Å². The number of para-hydroxylation sites is 1. The van der Waals surface area contributed by atoms with Crippen LogP contribution in [0, 0.1) is 45.3 Å². The second-order valence-electron chi connectivity index (χ2n) is 26.2. The SMILES string of the molecule is N#Cc1ccc2c(c1)c1cc(C#N)ccc1n2-c1c(-n2c3ccc(-c4ccccc4)cc3c3cc(-c4ccccc4)ccc32)nc(-n2c3ccc(-c4ccccc4)cc3c3cc(-c4ccccc4)ccc32)c(-n2c3ccc(C#N)cc3c3cc(C#N)ccc32)c1-c1ccc2c(c1)oc1ccccc12. The lowest BCUT2D eigenvalue weighted by molar-refractivity contribution is 0.669. The normalized spacial score (nSPS) is 11.7. The number of benzene rings is 14. The third-order valence-electron chi connectivity index (χ3n) is 20.7. The van der Waals surface area contributed by atoms with Gasteiger partial charge in [-0.2, -0.15) is 21.0 Å².